The second-order valence-electron chi connectivity index (χ2n) is 11.4. The van der Waals surface area contributed by atoms with Gasteiger partial charge in [-0.15, -0.1) is 5.48 Å². The zero-order valence-corrected chi connectivity index (χ0v) is 22.6. The fourth-order valence-corrected chi connectivity index (χ4v) is 6.84. The van der Waals surface area contributed by atoms with E-state index in [1.165, 1.54) is 11.2 Å². The number of phenolic OH excluding ortho intramolecular Hbond substituents is 1. The number of rotatable bonds is 6. The van der Waals surface area contributed by atoms with Crippen LogP contribution in [0.25, 0.3) is 0 Å². The monoisotopic (exact) mass is 555 g/mol. The van der Waals surface area contributed by atoms with E-state index >= 15 is 0 Å². The van der Waals surface area contributed by atoms with Gasteiger partial charge in [0.25, 0.3) is 0 Å². The SMILES string of the molecule is CN(C)c1cc(CNC2C=CON2)c(O)c2c1C[C@H]1C[C@H]3[C@@H](N(C)C)C(=O)C(C(N)=O)C(=O)[C@@]3(O)C(=O)C1C2=O. The largest absolute Gasteiger partial charge is 0.507 e. The van der Waals surface area contributed by atoms with Crippen molar-refractivity contribution in [2.75, 3.05) is 33.1 Å². The van der Waals surface area contributed by atoms with E-state index in [9.17, 15) is 34.2 Å². The number of carbonyl (C=O) groups is 5. The van der Waals surface area contributed by atoms with Gasteiger partial charge in [0, 0.05) is 37.8 Å². The Morgan fingerprint density at radius 3 is 2.48 bits per heavy atom. The lowest BCUT2D eigenvalue weighted by atomic mass is 9.52. The van der Waals surface area contributed by atoms with Crippen LogP contribution in [0, 0.1) is 23.7 Å². The van der Waals surface area contributed by atoms with Crippen LogP contribution in [0.4, 0.5) is 5.69 Å². The van der Waals surface area contributed by atoms with Crippen molar-refractivity contribution < 1.29 is 39.0 Å². The summed E-state index contributed by atoms with van der Waals surface area (Å²) in [5.41, 5.74) is 6.90. The van der Waals surface area contributed by atoms with Crippen LogP contribution in [0.3, 0.4) is 0 Å². The van der Waals surface area contributed by atoms with Crippen molar-refractivity contribution in [3.63, 3.8) is 0 Å². The Balaban J connectivity index is 1.60. The van der Waals surface area contributed by atoms with Gasteiger partial charge >= 0.3 is 0 Å². The van der Waals surface area contributed by atoms with Gasteiger partial charge in [-0.2, -0.15) is 0 Å². The third-order valence-electron chi connectivity index (χ3n) is 8.65. The number of amides is 1. The molecule has 1 aliphatic heterocycles. The quantitative estimate of drug-likeness (QED) is 0.253. The number of hydroxylamine groups is 1. The summed E-state index contributed by atoms with van der Waals surface area (Å²) in [7, 11) is 6.70. The Morgan fingerprint density at radius 1 is 1.20 bits per heavy atom. The van der Waals surface area contributed by atoms with E-state index in [1.54, 1.807) is 45.2 Å². The Hall–Kier alpha value is -3.65. The van der Waals surface area contributed by atoms with E-state index in [-0.39, 0.29) is 36.9 Å². The van der Waals surface area contributed by atoms with Crippen molar-refractivity contribution in [1.82, 2.24) is 15.7 Å². The maximum Gasteiger partial charge on any atom is 0.235 e. The van der Waals surface area contributed by atoms with Gasteiger partial charge in [-0.3, -0.25) is 34.2 Å². The molecule has 1 aromatic carbocycles. The first kappa shape index (κ1) is 27.9. The van der Waals surface area contributed by atoms with Crippen molar-refractivity contribution in [2.24, 2.45) is 29.4 Å². The number of hydrogen-bond donors (Lipinski definition) is 5. The Bertz CT molecular complexity index is 1360. The molecule has 7 atom stereocenters. The summed E-state index contributed by atoms with van der Waals surface area (Å²) < 4.78 is 0. The number of benzene rings is 1. The highest BCUT2D eigenvalue weighted by molar-refractivity contribution is 6.32. The van der Waals surface area contributed by atoms with Gasteiger partial charge in [0.1, 0.15) is 18.2 Å². The summed E-state index contributed by atoms with van der Waals surface area (Å²) in [6.07, 6.45) is 3.06. The summed E-state index contributed by atoms with van der Waals surface area (Å²) in [5, 5.41) is 26.1. The van der Waals surface area contributed by atoms with Crippen molar-refractivity contribution in [2.45, 2.75) is 37.2 Å². The molecule has 1 aromatic rings. The molecule has 1 heterocycles. The molecule has 0 radical (unpaired) electrons. The molecule has 3 unspecified atom stereocenters. The van der Waals surface area contributed by atoms with Gasteiger partial charge in [-0.25, -0.2) is 0 Å². The van der Waals surface area contributed by atoms with Crippen molar-refractivity contribution in [1.29, 1.82) is 0 Å². The smallest absolute Gasteiger partial charge is 0.235 e. The Morgan fingerprint density at radius 2 is 1.90 bits per heavy atom. The van der Waals surface area contributed by atoms with Crippen LogP contribution in [0.1, 0.15) is 27.9 Å². The molecule has 3 aliphatic carbocycles. The van der Waals surface area contributed by atoms with E-state index in [2.05, 4.69) is 10.8 Å². The first-order valence-electron chi connectivity index (χ1n) is 13.0. The number of nitrogens with two attached hydrogens (primary N) is 1. The van der Waals surface area contributed by atoms with E-state index in [0.717, 1.165) is 0 Å². The van der Waals surface area contributed by atoms with Gasteiger partial charge in [-0.1, -0.05) is 0 Å². The normalized spacial score (nSPS) is 33.0. The van der Waals surface area contributed by atoms with Crippen LogP contribution in [-0.2, 0) is 37.0 Å². The third-order valence-corrected chi connectivity index (χ3v) is 8.65. The molecule has 1 amide bonds. The van der Waals surface area contributed by atoms with Crippen LogP contribution < -0.4 is 21.4 Å². The molecule has 6 N–H and O–H groups in total. The number of ketones is 4. The molecule has 40 heavy (non-hydrogen) atoms. The molecular weight excluding hydrogens is 522 g/mol. The zero-order valence-electron chi connectivity index (χ0n) is 22.6. The first-order chi connectivity index (χ1) is 18.8. The van der Waals surface area contributed by atoms with Crippen LogP contribution in [0.15, 0.2) is 18.4 Å². The van der Waals surface area contributed by atoms with Crippen LogP contribution in [-0.4, -0.2) is 90.2 Å². The lowest BCUT2D eigenvalue weighted by Gasteiger charge is -2.52. The number of anilines is 1. The molecule has 13 nitrogen and oxygen atoms in total. The second-order valence-corrected chi connectivity index (χ2v) is 11.4. The number of hydrogen-bond acceptors (Lipinski definition) is 12. The van der Waals surface area contributed by atoms with E-state index in [4.69, 9.17) is 10.6 Å². The fourth-order valence-electron chi connectivity index (χ4n) is 6.84. The lowest BCUT2D eigenvalue weighted by Crippen LogP contribution is -2.74. The molecule has 4 aliphatic rings. The predicted molar refractivity (Wildman–Crippen MR) is 140 cm³/mol. The summed E-state index contributed by atoms with van der Waals surface area (Å²) in [6.45, 7) is 0.151. The molecule has 2 saturated carbocycles. The number of Topliss-reactive ketones (excluding diaryl/α,β-unsaturated/α-hetero) is 4. The van der Waals surface area contributed by atoms with Crippen LogP contribution in [0.5, 0.6) is 5.75 Å². The topological polar surface area (TPSA) is 192 Å². The van der Waals surface area contributed by atoms with Crippen LogP contribution >= 0.6 is 0 Å². The molecule has 0 bridgehead atoms. The highest BCUT2D eigenvalue weighted by Crippen LogP contribution is 2.52. The van der Waals surface area contributed by atoms with E-state index < -0.39 is 64.4 Å². The van der Waals surface area contributed by atoms with E-state index in [0.29, 0.717) is 16.8 Å². The number of phenols is 1. The Kier molecular flexibility index (Phi) is 6.81. The number of aliphatic hydroxyl groups is 1. The van der Waals surface area contributed by atoms with Gasteiger partial charge in [-0.05, 0) is 50.6 Å². The minimum atomic E-state index is -2.75. The minimum absolute atomic E-state index is 0.000513. The van der Waals surface area contributed by atoms with Gasteiger partial charge in [0.2, 0.25) is 5.91 Å². The maximum absolute atomic E-state index is 14.0. The number of primary amides is 1. The summed E-state index contributed by atoms with van der Waals surface area (Å²) >= 11 is 0. The molecule has 0 spiro atoms. The third kappa shape index (κ3) is 3.95. The first-order valence-corrected chi connectivity index (χ1v) is 13.0. The molecule has 2 fully saturated rings. The van der Waals surface area contributed by atoms with Gasteiger partial charge in [0.15, 0.2) is 34.7 Å². The molecule has 0 saturated heterocycles. The summed E-state index contributed by atoms with van der Waals surface area (Å²) in [6, 6.07) is 0.627. The lowest BCUT2D eigenvalue weighted by molar-refractivity contribution is -0.181. The zero-order chi connectivity index (χ0) is 29.3. The number of aromatic hydroxyl groups is 1. The van der Waals surface area contributed by atoms with Gasteiger partial charge in [0.05, 0.1) is 17.5 Å². The number of nitrogens with one attached hydrogen (secondary N) is 2. The molecule has 0 aromatic heterocycles. The van der Waals surface area contributed by atoms with Crippen molar-refractivity contribution >= 4 is 34.7 Å². The number of likely N-dealkylation sites (N-methyl/N-ethyl adjacent to an activating group) is 1. The summed E-state index contributed by atoms with van der Waals surface area (Å²) in [4.78, 5) is 75.0. The molecule has 5 rings (SSSR count). The maximum atomic E-state index is 14.0. The molecule has 13 heteroatoms. The minimum Gasteiger partial charge on any atom is -0.507 e. The average Bonchev–Trinajstić information content (AvgIpc) is 3.39. The molecule has 214 valence electrons. The molecular formula is C27H33N5O8. The number of nitrogens with zero attached hydrogens (tertiary/aromatic N) is 2. The standard InChI is InChI=1S/C27H33N5O8/c1-31(2)15-9-12(10-29-16-5-6-40-30-16)21(33)18-13(15)7-11-8-14-20(32(3)4)23(35)19(26(28)38)25(37)27(14,39)24(36)17(11)22(18)34/h5-6,9,11,14,16-17,19-20,29-30,33,39H,7-8,10H2,1-4H3,(H2,28,38)/t11-,14-,16?,17?,19?,20+,27-/m0/s1. The highest BCUT2D eigenvalue weighted by Gasteiger charge is 2.69. The van der Waals surface area contributed by atoms with Crippen molar-refractivity contribution in [3.05, 3.63) is 35.1 Å². The number of carbonyl (C=O) groups excluding carboxylic acids is 5. The fraction of sp³-hybridized carbons (Fsp3) is 0.519. The average molecular weight is 556 g/mol. The summed E-state index contributed by atoms with van der Waals surface area (Å²) in [5.74, 6) is -10.7. The predicted octanol–water partition coefficient (Wildman–Crippen LogP) is -1.60. The second kappa shape index (κ2) is 9.77. The number of fused-ring (bicyclic) bond motifs is 3. The van der Waals surface area contributed by atoms with Gasteiger partial charge < -0.3 is 25.7 Å². The van der Waals surface area contributed by atoms with Crippen molar-refractivity contribution in [3.8, 4) is 5.75 Å². The van der Waals surface area contributed by atoms with Crippen LogP contribution in [0.2, 0.25) is 0 Å². The highest BCUT2D eigenvalue weighted by atomic mass is 16.6. The van der Waals surface area contributed by atoms with E-state index in [1.807, 2.05) is 0 Å². The Labute approximate surface area is 230 Å².